The number of carbonyl (C=O) groups excluding carboxylic acids is 1. The summed E-state index contributed by atoms with van der Waals surface area (Å²) in [6, 6.07) is 8.30. The molecule has 2 amide bonds. The van der Waals surface area contributed by atoms with Crippen LogP contribution >= 0.6 is 0 Å². The predicted molar refractivity (Wildman–Crippen MR) is 72.9 cm³/mol. The monoisotopic (exact) mass is 248 g/mol. The number of hydrogen-bond donors (Lipinski definition) is 0. The first-order valence-corrected chi connectivity index (χ1v) is 6.51. The Kier molecular flexibility index (Phi) is 3.68. The third-order valence-electron chi connectivity index (χ3n) is 3.53. The second-order valence-electron chi connectivity index (χ2n) is 5.06. The van der Waals surface area contributed by atoms with Crippen LogP contribution in [0.1, 0.15) is 26.7 Å². The molecule has 0 radical (unpaired) electrons. The number of hydrogen-bond acceptors (Lipinski definition) is 2. The van der Waals surface area contributed by atoms with E-state index in [0.29, 0.717) is 18.8 Å². The van der Waals surface area contributed by atoms with Gasteiger partial charge in [-0.25, -0.2) is 9.44 Å². The van der Waals surface area contributed by atoms with Crippen LogP contribution < -0.4 is 4.65 Å². The molecule has 1 aliphatic heterocycles. The number of para-hydroxylation sites is 1. The van der Waals surface area contributed by atoms with Gasteiger partial charge in [0, 0.05) is 25.2 Å². The SMILES string of the molecule is CC(C)[N+]([O-])(C(=O)N1CCCC1)c1ccccc1. The minimum Gasteiger partial charge on any atom is -0.618 e. The Morgan fingerprint density at radius 1 is 1.22 bits per heavy atom. The zero-order valence-electron chi connectivity index (χ0n) is 11.0. The minimum atomic E-state index is -0.888. The predicted octanol–water partition coefficient (Wildman–Crippen LogP) is 3.12. The minimum absolute atomic E-state index is 0.319. The fraction of sp³-hybridized carbons (Fsp3) is 0.500. The summed E-state index contributed by atoms with van der Waals surface area (Å²) in [6.45, 7) is 5.02. The standard InChI is InChI=1S/C14H20N2O2/c1-12(2)16(18,13-8-4-3-5-9-13)14(17)15-10-6-7-11-15/h3-5,8-9,12H,6-7,10-11H2,1-2H3. The molecule has 1 saturated heterocycles. The highest BCUT2D eigenvalue weighted by Crippen LogP contribution is 2.28. The van der Waals surface area contributed by atoms with E-state index in [4.69, 9.17) is 0 Å². The fourth-order valence-corrected chi connectivity index (χ4v) is 2.40. The number of carbonyl (C=O) groups is 1. The van der Waals surface area contributed by atoms with E-state index in [0.717, 1.165) is 12.8 Å². The highest BCUT2D eigenvalue weighted by atomic mass is 16.6. The van der Waals surface area contributed by atoms with Crippen LogP contribution in [-0.2, 0) is 0 Å². The summed E-state index contributed by atoms with van der Waals surface area (Å²) in [5, 5.41) is 13.0. The van der Waals surface area contributed by atoms with Crippen molar-refractivity contribution in [1.82, 2.24) is 9.55 Å². The number of rotatable bonds is 2. The van der Waals surface area contributed by atoms with Gasteiger partial charge in [0.1, 0.15) is 5.69 Å². The maximum atomic E-state index is 13.0. The summed E-state index contributed by atoms with van der Waals surface area (Å²) in [5.41, 5.74) is 0.518. The van der Waals surface area contributed by atoms with E-state index >= 15 is 0 Å². The molecule has 1 aromatic carbocycles. The number of quaternary nitrogens is 1. The maximum absolute atomic E-state index is 13.0. The van der Waals surface area contributed by atoms with Crippen molar-refractivity contribution in [2.45, 2.75) is 32.7 Å². The van der Waals surface area contributed by atoms with Gasteiger partial charge in [0.25, 0.3) is 0 Å². The lowest BCUT2D eigenvalue weighted by atomic mass is 10.2. The first-order chi connectivity index (χ1) is 8.56. The molecule has 1 atom stereocenters. The molecule has 98 valence electrons. The van der Waals surface area contributed by atoms with Crippen LogP contribution in [0.2, 0.25) is 0 Å². The molecule has 0 aliphatic carbocycles. The van der Waals surface area contributed by atoms with Gasteiger partial charge in [0.2, 0.25) is 0 Å². The number of hydroxylamine groups is 2. The molecule has 1 heterocycles. The van der Waals surface area contributed by atoms with E-state index < -0.39 is 4.65 Å². The van der Waals surface area contributed by atoms with Crippen molar-refractivity contribution in [3.63, 3.8) is 0 Å². The summed E-state index contributed by atoms with van der Waals surface area (Å²) in [6.07, 6.45) is 2.00. The Labute approximate surface area is 108 Å². The smallest absolute Gasteiger partial charge is 0.424 e. The molecular formula is C14H20N2O2. The summed E-state index contributed by atoms with van der Waals surface area (Å²) >= 11 is 0. The average Bonchev–Trinajstić information content (AvgIpc) is 2.91. The van der Waals surface area contributed by atoms with Crippen LogP contribution in [0.15, 0.2) is 30.3 Å². The van der Waals surface area contributed by atoms with Gasteiger partial charge in [-0.2, -0.15) is 0 Å². The maximum Gasteiger partial charge on any atom is 0.424 e. The lowest BCUT2D eigenvalue weighted by molar-refractivity contribution is 0.171. The van der Waals surface area contributed by atoms with Gasteiger partial charge in [0.15, 0.2) is 0 Å². The molecule has 0 spiro atoms. The summed E-state index contributed by atoms with van der Waals surface area (Å²) in [5.74, 6) is 0. The van der Waals surface area contributed by atoms with Crippen molar-refractivity contribution in [2.75, 3.05) is 13.1 Å². The van der Waals surface area contributed by atoms with Gasteiger partial charge in [-0.05, 0) is 26.7 Å². The second kappa shape index (κ2) is 5.08. The third kappa shape index (κ3) is 2.13. The van der Waals surface area contributed by atoms with Gasteiger partial charge < -0.3 is 5.21 Å². The topological polar surface area (TPSA) is 43.4 Å². The van der Waals surface area contributed by atoms with E-state index in [1.165, 1.54) is 0 Å². The number of amides is 2. The Morgan fingerprint density at radius 3 is 2.28 bits per heavy atom. The zero-order chi connectivity index (χ0) is 13.2. The van der Waals surface area contributed by atoms with Crippen LogP contribution in [0.3, 0.4) is 0 Å². The molecule has 0 bridgehead atoms. The first-order valence-electron chi connectivity index (χ1n) is 6.51. The molecule has 0 N–H and O–H groups in total. The lowest BCUT2D eigenvalue weighted by Crippen LogP contribution is -2.59. The van der Waals surface area contributed by atoms with E-state index in [2.05, 4.69) is 0 Å². The van der Waals surface area contributed by atoms with Gasteiger partial charge in [0.05, 0.1) is 6.04 Å². The van der Waals surface area contributed by atoms with Crippen LogP contribution in [-0.4, -0.2) is 30.1 Å². The average molecular weight is 248 g/mol. The summed E-state index contributed by atoms with van der Waals surface area (Å²) in [7, 11) is 0. The number of nitrogens with zero attached hydrogens (tertiary/aromatic N) is 2. The molecule has 1 aliphatic rings. The van der Waals surface area contributed by atoms with Gasteiger partial charge in [-0.3, -0.25) is 4.90 Å². The Balaban J connectivity index is 2.35. The van der Waals surface area contributed by atoms with Gasteiger partial charge in [-0.15, -0.1) is 0 Å². The largest absolute Gasteiger partial charge is 0.618 e. The van der Waals surface area contributed by atoms with Crippen molar-refractivity contribution in [1.29, 1.82) is 0 Å². The molecule has 2 rings (SSSR count). The molecule has 4 heteroatoms. The Bertz CT molecular complexity index is 413. The molecule has 0 saturated carbocycles. The van der Waals surface area contributed by atoms with E-state index in [9.17, 15) is 10.0 Å². The van der Waals surface area contributed by atoms with Crippen LogP contribution in [0.5, 0.6) is 0 Å². The Hall–Kier alpha value is -1.39. The zero-order valence-corrected chi connectivity index (χ0v) is 11.0. The lowest BCUT2D eigenvalue weighted by Gasteiger charge is -2.44. The number of benzene rings is 1. The summed E-state index contributed by atoms with van der Waals surface area (Å²) in [4.78, 5) is 14.2. The highest BCUT2D eigenvalue weighted by molar-refractivity contribution is 5.88. The molecule has 0 aromatic heterocycles. The van der Waals surface area contributed by atoms with Crippen LogP contribution in [0.4, 0.5) is 10.5 Å². The second-order valence-corrected chi connectivity index (χ2v) is 5.06. The van der Waals surface area contributed by atoms with Crippen LogP contribution in [0, 0.1) is 5.21 Å². The Morgan fingerprint density at radius 2 is 1.78 bits per heavy atom. The fourth-order valence-electron chi connectivity index (χ4n) is 2.40. The first kappa shape index (κ1) is 13.1. The van der Waals surface area contributed by atoms with Gasteiger partial charge in [-0.1, -0.05) is 18.2 Å². The van der Waals surface area contributed by atoms with Gasteiger partial charge >= 0.3 is 6.03 Å². The molecule has 18 heavy (non-hydrogen) atoms. The molecular weight excluding hydrogens is 228 g/mol. The van der Waals surface area contributed by atoms with Crippen molar-refractivity contribution in [2.24, 2.45) is 0 Å². The van der Waals surface area contributed by atoms with E-state index in [-0.39, 0.29) is 12.1 Å². The molecule has 4 nitrogen and oxygen atoms in total. The van der Waals surface area contributed by atoms with Crippen molar-refractivity contribution in [3.05, 3.63) is 35.5 Å². The van der Waals surface area contributed by atoms with Crippen LogP contribution in [0.25, 0.3) is 0 Å². The van der Waals surface area contributed by atoms with E-state index in [1.54, 1.807) is 43.0 Å². The van der Waals surface area contributed by atoms with Crippen molar-refractivity contribution >= 4 is 11.7 Å². The summed E-state index contributed by atoms with van der Waals surface area (Å²) < 4.78 is -0.888. The molecule has 1 fully saturated rings. The van der Waals surface area contributed by atoms with E-state index in [1.807, 2.05) is 6.07 Å². The molecule has 1 aromatic rings. The normalized spacial score (nSPS) is 19.0. The quantitative estimate of drug-likeness (QED) is 0.596. The van der Waals surface area contributed by atoms with Crippen molar-refractivity contribution < 1.29 is 4.79 Å². The highest BCUT2D eigenvalue weighted by Gasteiger charge is 2.38. The van der Waals surface area contributed by atoms with Crippen molar-refractivity contribution in [3.8, 4) is 0 Å². The third-order valence-corrected chi connectivity index (χ3v) is 3.53. The molecule has 1 unspecified atom stereocenters. The number of likely N-dealkylation sites (tertiary alicyclic amines) is 1. The number of urea groups is 1.